The number of carbonyl (C=O) groups is 1. The molecule has 0 aliphatic heterocycles. The van der Waals surface area contributed by atoms with Crippen molar-refractivity contribution in [3.05, 3.63) is 71.4 Å². The van der Waals surface area contributed by atoms with Crippen LogP contribution in [0.3, 0.4) is 0 Å². The van der Waals surface area contributed by atoms with Gasteiger partial charge in [0.2, 0.25) is 0 Å². The topological polar surface area (TPSA) is 70.7 Å². The number of benzene rings is 1. The Bertz CT molecular complexity index is 861. The molecule has 2 N–H and O–H groups in total. The van der Waals surface area contributed by atoms with Gasteiger partial charge in [-0.25, -0.2) is 4.39 Å². The van der Waals surface area contributed by atoms with E-state index in [2.05, 4.69) is 20.5 Å². The Morgan fingerprint density at radius 2 is 2.16 bits per heavy atom. The molecule has 3 aromatic rings. The number of amides is 1. The molecule has 0 saturated heterocycles. The molecule has 0 aliphatic carbocycles. The van der Waals surface area contributed by atoms with Gasteiger partial charge in [-0.2, -0.15) is 5.10 Å². The Labute approximate surface area is 145 Å². The van der Waals surface area contributed by atoms with E-state index < -0.39 is 0 Å². The second-order valence-electron chi connectivity index (χ2n) is 5.85. The average Bonchev–Trinajstić information content (AvgIpc) is 3.12. The number of hydrogen-bond acceptors (Lipinski definition) is 3. The number of nitrogens with one attached hydrogen (secondary N) is 2. The molecule has 2 heterocycles. The van der Waals surface area contributed by atoms with Gasteiger partial charge in [-0.1, -0.05) is 6.07 Å². The van der Waals surface area contributed by atoms with Gasteiger partial charge in [0.1, 0.15) is 11.5 Å². The maximum atomic E-state index is 13.3. The summed E-state index contributed by atoms with van der Waals surface area (Å²) in [5.74, 6) is -0.463. The highest BCUT2D eigenvalue weighted by Gasteiger charge is 2.11. The molecular weight excluding hydrogens is 319 g/mol. The molecule has 0 unspecified atom stereocenters. The molecule has 0 aliphatic rings. The largest absolute Gasteiger partial charge is 0.351 e. The molecule has 6 heteroatoms. The second kappa shape index (κ2) is 7.70. The standard InChI is InChI=1S/C19H19FN4O/c1-13-10-15(6-7-16(13)20)17-11-18(24-23-17)19(25)22-9-3-5-14-4-2-8-21-12-14/h2,4,6-8,10-12H,3,5,9H2,1H3,(H,22,25)(H,23,24). The maximum Gasteiger partial charge on any atom is 0.269 e. The molecule has 0 fully saturated rings. The molecule has 3 rings (SSSR count). The molecule has 0 radical (unpaired) electrons. The van der Waals surface area contributed by atoms with Gasteiger partial charge in [0.05, 0.1) is 5.69 Å². The average molecular weight is 338 g/mol. The molecule has 0 atom stereocenters. The van der Waals surface area contributed by atoms with Crippen LogP contribution in [0.15, 0.2) is 48.8 Å². The number of halogens is 1. The van der Waals surface area contributed by atoms with Crippen molar-refractivity contribution in [2.24, 2.45) is 0 Å². The number of pyridine rings is 1. The van der Waals surface area contributed by atoms with Crippen LogP contribution in [-0.2, 0) is 6.42 Å². The van der Waals surface area contributed by atoms with Gasteiger partial charge < -0.3 is 5.32 Å². The summed E-state index contributed by atoms with van der Waals surface area (Å²) >= 11 is 0. The van der Waals surface area contributed by atoms with Crippen molar-refractivity contribution in [3.8, 4) is 11.3 Å². The van der Waals surface area contributed by atoms with E-state index in [-0.39, 0.29) is 11.7 Å². The summed E-state index contributed by atoms with van der Waals surface area (Å²) in [6.45, 7) is 2.26. The molecule has 1 amide bonds. The number of rotatable bonds is 6. The number of aromatic nitrogens is 3. The minimum absolute atomic E-state index is 0.205. The Hall–Kier alpha value is -3.02. The molecule has 0 bridgehead atoms. The van der Waals surface area contributed by atoms with Gasteiger partial charge in [-0.3, -0.25) is 14.9 Å². The quantitative estimate of drug-likeness (QED) is 0.678. The summed E-state index contributed by atoms with van der Waals surface area (Å²) in [6, 6.07) is 10.3. The van der Waals surface area contributed by atoms with Gasteiger partial charge in [0.15, 0.2) is 0 Å². The lowest BCUT2D eigenvalue weighted by molar-refractivity contribution is 0.0948. The zero-order valence-electron chi connectivity index (χ0n) is 13.9. The van der Waals surface area contributed by atoms with E-state index in [4.69, 9.17) is 0 Å². The van der Waals surface area contributed by atoms with Crippen LogP contribution in [0.4, 0.5) is 4.39 Å². The molecule has 25 heavy (non-hydrogen) atoms. The fourth-order valence-electron chi connectivity index (χ4n) is 2.53. The Morgan fingerprint density at radius 3 is 2.92 bits per heavy atom. The number of nitrogens with zero attached hydrogens (tertiary/aromatic N) is 2. The zero-order chi connectivity index (χ0) is 17.6. The Morgan fingerprint density at radius 1 is 1.28 bits per heavy atom. The number of carbonyl (C=O) groups excluding carboxylic acids is 1. The molecule has 5 nitrogen and oxygen atoms in total. The number of aryl methyl sites for hydroxylation is 2. The van der Waals surface area contributed by atoms with Crippen molar-refractivity contribution in [1.82, 2.24) is 20.5 Å². The Kier molecular flexibility index (Phi) is 5.18. The van der Waals surface area contributed by atoms with E-state index in [1.807, 2.05) is 18.3 Å². The first-order valence-corrected chi connectivity index (χ1v) is 8.12. The van der Waals surface area contributed by atoms with Crippen LogP contribution in [0.2, 0.25) is 0 Å². The molecule has 0 spiro atoms. The third kappa shape index (κ3) is 4.29. The summed E-state index contributed by atoms with van der Waals surface area (Å²) in [6.07, 6.45) is 5.25. The highest BCUT2D eigenvalue weighted by molar-refractivity contribution is 5.93. The van der Waals surface area contributed by atoms with Crippen LogP contribution < -0.4 is 5.32 Å². The van der Waals surface area contributed by atoms with Crippen molar-refractivity contribution >= 4 is 5.91 Å². The number of hydrogen-bond donors (Lipinski definition) is 2. The van der Waals surface area contributed by atoms with Gasteiger partial charge in [0.25, 0.3) is 5.91 Å². The SMILES string of the molecule is Cc1cc(-c2cc(C(=O)NCCCc3cccnc3)[nH]n2)ccc1F. The lowest BCUT2D eigenvalue weighted by Gasteiger charge is -2.03. The van der Waals surface area contributed by atoms with Crippen LogP contribution in [0.25, 0.3) is 11.3 Å². The minimum Gasteiger partial charge on any atom is -0.351 e. The highest BCUT2D eigenvalue weighted by atomic mass is 19.1. The first-order chi connectivity index (χ1) is 12.1. The lowest BCUT2D eigenvalue weighted by atomic mass is 10.1. The number of H-pyrrole nitrogens is 1. The van der Waals surface area contributed by atoms with Crippen molar-refractivity contribution in [3.63, 3.8) is 0 Å². The normalized spacial score (nSPS) is 10.6. The summed E-state index contributed by atoms with van der Waals surface area (Å²) < 4.78 is 13.3. The van der Waals surface area contributed by atoms with Gasteiger partial charge in [-0.05, 0) is 61.2 Å². The van der Waals surface area contributed by atoms with Crippen molar-refractivity contribution < 1.29 is 9.18 Å². The van der Waals surface area contributed by atoms with E-state index >= 15 is 0 Å². The van der Waals surface area contributed by atoms with Crippen LogP contribution in [0, 0.1) is 12.7 Å². The Balaban J connectivity index is 1.54. The van der Waals surface area contributed by atoms with E-state index in [0.717, 1.165) is 24.0 Å². The summed E-state index contributed by atoms with van der Waals surface area (Å²) in [5.41, 5.74) is 3.46. The van der Waals surface area contributed by atoms with E-state index in [1.165, 1.54) is 6.07 Å². The van der Waals surface area contributed by atoms with E-state index in [0.29, 0.717) is 23.5 Å². The molecular formula is C19H19FN4O. The minimum atomic E-state index is -0.258. The molecule has 1 aromatic carbocycles. The molecule has 0 saturated carbocycles. The van der Waals surface area contributed by atoms with Crippen molar-refractivity contribution in [1.29, 1.82) is 0 Å². The van der Waals surface area contributed by atoms with Gasteiger partial charge in [-0.15, -0.1) is 0 Å². The van der Waals surface area contributed by atoms with Crippen LogP contribution in [-0.4, -0.2) is 27.6 Å². The first-order valence-electron chi connectivity index (χ1n) is 8.12. The smallest absolute Gasteiger partial charge is 0.269 e. The summed E-state index contributed by atoms with van der Waals surface area (Å²) in [5, 5.41) is 9.73. The first kappa shape index (κ1) is 16.8. The lowest BCUT2D eigenvalue weighted by Crippen LogP contribution is -2.25. The second-order valence-corrected chi connectivity index (χ2v) is 5.85. The van der Waals surface area contributed by atoms with E-state index in [1.54, 1.807) is 31.3 Å². The maximum absolute atomic E-state index is 13.3. The van der Waals surface area contributed by atoms with Crippen LogP contribution in [0.5, 0.6) is 0 Å². The fourth-order valence-corrected chi connectivity index (χ4v) is 2.53. The highest BCUT2D eigenvalue weighted by Crippen LogP contribution is 2.20. The monoisotopic (exact) mass is 338 g/mol. The van der Waals surface area contributed by atoms with Gasteiger partial charge in [0, 0.05) is 24.5 Å². The summed E-state index contributed by atoms with van der Waals surface area (Å²) in [4.78, 5) is 16.2. The zero-order valence-corrected chi connectivity index (χ0v) is 13.9. The fraction of sp³-hybridized carbons (Fsp3) is 0.211. The van der Waals surface area contributed by atoms with Crippen LogP contribution >= 0.6 is 0 Å². The van der Waals surface area contributed by atoms with Crippen molar-refractivity contribution in [2.75, 3.05) is 6.54 Å². The molecule has 2 aromatic heterocycles. The predicted molar refractivity (Wildman–Crippen MR) is 93.6 cm³/mol. The third-order valence-corrected chi connectivity index (χ3v) is 3.93. The number of aromatic amines is 1. The van der Waals surface area contributed by atoms with Crippen LogP contribution in [0.1, 0.15) is 28.0 Å². The summed E-state index contributed by atoms with van der Waals surface area (Å²) in [7, 11) is 0. The van der Waals surface area contributed by atoms with E-state index in [9.17, 15) is 9.18 Å². The van der Waals surface area contributed by atoms with Gasteiger partial charge >= 0.3 is 0 Å². The molecule has 128 valence electrons. The van der Waals surface area contributed by atoms with Crippen molar-refractivity contribution in [2.45, 2.75) is 19.8 Å². The predicted octanol–water partition coefficient (Wildman–Crippen LogP) is 3.28. The third-order valence-electron chi connectivity index (χ3n) is 3.93.